The molecule has 3 heterocycles. The molecule has 96 valence electrons. The number of carbonyl (C=O) groups excluding carboxylic acids is 1. The molecule has 1 atom stereocenters. The first kappa shape index (κ1) is 11.7. The summed E-state index contributed by atoms with van der Waals surface area (Å²) in [7, 11) is 1.69. The van der Waals surface area contributed by atoms with Gasteiger partial charge in [-0.3, -0.25) is 9.69 Å². The van der Waals surface area contributed by atoms with Crippen LogP contribution in [-0.4, -0.2) is 36.9 Å². The number of para-hydroxylation sites is 1. The first-order valence-corrected chi connectivity index (χ1v) is 6.69. The number of hydrogen-bond acceptors (Lipinski definition) is 3. The monoisotopic (exact) mass is 245 g/mol. The Bertz CT molecular complexity index is 450. The van der Waals surface area contributed by atoms with Crippen molar-refractivity contribution in [3.63, 3.8) is 0 Å². The lowest BCUT2D eigenvalue weighted by Gasteiger charge is -2.44. The minimum atomic E-state index is 0.0776. The summed E-state index contributed by atoms with van der Waals surface area (Å²) in [6.07, 6.45) is 2.90. The number of benzene rings is 1. The van der Waals surface area contributed by atoms with E-state index in [2.05, 4.69) is 11.0 Å². The molecule has 0 radical (unpaired) electrons. The largest absolute Gasteiger partial charge is 0.496 e. The van der Waals surface area contributed by atoms with E-state index in [1.165, 1.54) is 0 Å². The zero-order chi connectivity index (χ0) is 12.5. The van der Waals surface area contributed by atoms with Crippen molar-refractivity contribution in [2.45, 2.75) is 25.3 Å². The molecule has 0 amide bonds. The van der Waals surface area contributed by atoms with Crippen molar-refractivity contribution < 1.29 is 9.53 Å². The third-order valence-corrected chi connectivity index (χ3v) is 4.31. The van der Waals surface area contributed by atoms with Gasteiger partial charge in [0.2, 0.25) is 0 Å². The standard InChI is InChI=1S/C15H19NO2/c1-18-14-5-3-2-4-12(14)10-13-15(17)11-6-8-16(13)9-7-11/h2-5,11,13H,6-10H2,1H3/t13-/m1/s1. The molecule has 0 N–H and O–H groups in total. The number of carbonyl (C=O) groups is 1. The Morgan fingerprint density at radius 2 is 2.00 bits per heavy atom. The van der Waals surface area contributed by atoms with E-state index >= 15 is 0 Å². The number of ketones is 1. The molecule has 4 rings (SSSR count). The summed E-state index contributed by atoms with van der Waals surface area (Å²) in [5.74, 6) is 1.65. The van der Waals surface area contributed by atoms with Crippen LogP contribution in [0.25, 0.3) is 0 Å². The maximum Gasteiger partial charge on any atom is 0.153 e. The van der Waals surface area contributed by atoms with Crippen LogP contribution in [0.3, 0.4) is 0 Å². The SMILES string of the molecule is COc1ccccc1C[C@@H]1C(=O)C2CCN1CC2. The van der Waals surface area contributed by atoms with Crippen LogP contribution in [0.1, 0.15) is 18.4 Å². The molecule has 0 aliphatic carbocycles. The lowest BCUT2D eigenvalue weighted by molar-refractivity contribution is -0.136. The van der Waals surface area contributed by atoms with Gasteiger partial charge in [0.05, 0.1) is 13.2 Å². The Balaban J connectivity index is 1.82. The molecular formula is C15H19NO2. The van der Waals surface area contributed by atoms with Gasteiger partial charge in [0.15, 0.2) is 5.78 Å². The van der Waals surface area contributed by atoms with Crippen LogP contribution in [0.4, 0.5) is 0 Å². The molecule has 18 heavy (non-hydrogen) atoms. The van der Waals surface area contributed by atoms with E-state index in [4.69, 9.17) is 4.74 Å². The van der Waals surface area contributed by atoms with Crippen LogP contribution in [0, 0.1) is 5.92 Å². The second-order valence-electron chi connectivity index (χ2n) is 5.24. The van der Waals surface area contributed by atoms with E-state index < -0.39 is 0 Å². The van der Waals surface area contributed by atoms with Crippen LogP contribution >= 0.6 is 0 Å². The highest BCUT2D eigenvalue weighted by Gasteiger charge is 2.40. The average Bonchev–Trinajstić information content (AvgIpc) is 2.44. The third kappa shape index (κ3) is 1.93. The zero-order valence-electron chi connectivity index (χ0n) is 10.8. The van der Waals surface area contributed by atoms with Gasteiger partial charge in [-0.05, 0) is 44.0 Å². The van der Waals surface area contributed by atoms with Crippen LogP contribution in [0.5, 0.6) is 5.75 Å². The summed E-state index contributed by atoms with van der Waals surface area (Å²) in [6, 6.07) is 8.09. The van der Waals surface area contributed by atoms with E-state index in [0.717, 1.165) is 43.7 Å². The maximum atomic E-state index is 12.3. The van der Waals surface area contributed by atoms with Crippen LogP contribution < -0.4 is 4.74 Å². The zero-order valence-corrected chi connectivity index (χ0v) is 10.8. The third-order valence-electron chi connectivity index (χ3n) is 4.31. The topological polar surface area (TPSA) is 29.5 Å². The average molecular weight is 245 g/mol. The number of nitrogens with zero attached hydrogens (tertiary/aromatic N) is 1. The Morgan fingerprint density at radius 3 is 2.67 bits per heavy atom. The number of Topliss-reactive ketones (excluding diaryl/α,β-unsaturated/α-hetero) is 1. The smallest absolute Gasteiger partial charge is 0.153 e. The van der Waals surface area contributed by atoms with Crippen molar-refractivity contribution >= 4 is 5.78 Å². The molecule has 0 spiro atoms. The van der Waals surface area contributed by atoms with Gasteiger partial charge in [-0.1, -0.05) is 18.2 Å². The maximum absolute atomic E-state index is 12.3. The number of piperidine rings is 3. The minimum Gasteiger partial charge on any atom is -0.496 e. The normalized spacial score (nSPS) is 30.5. The van der Waals surface area contributed by atoms with E-state index in [1.807, 2.05) is 18.2 Å². The van der Waals surface area contributed by atoms with Crippen molar-refractivity contribution in [2.24, 2.45) is 5.92 Å². The Kier molecular flexibility index (Phi) is 3.08. The highest BCUT2D eigenvalue weighted by Crippen LogP contribution is 2.32. The van der Waals surface area contributed by atoms with Crippen LogP contribution in [-0.2, 0) is 11.2 Å². The van der Waals surface area contributed by atoms with Crippen molar-refractivity contribution in [2.75, 3.05) is 20.2 Å². The fourth-order valence-electron chi connectivity index (χ4n) is 3.26. The molecule has 3 aliphatic rings. The summed E-state index contributed by atoms with van der Waals surface area (Å²) < 4.78 is 5.37. The van der Waals surface area contributed by atoms with Crippen molar-refractivity contribution in [3.8, 4) is 5.75 Å². The molecule has 0 aromatic heterocycles. The van der Waals surface area contributed by atoms with Crippen molar-refractivity contribution in [1.29, 1.82) is 0 Å². The molecule has 0 unspecified atom stereocenters. The first-order valence-electron chi connectivity index (χ1n) is 6.69. The highest BCUT2D eigenvalue weighted by molar-refractivity contribution is 5.88. The van der Waals surface area contributed by atoms with Gasteiger partial charge in [0.25, 0.3) is 0 Å². The number of rotatable bonds is 3. The predicted octanol–water partition coefficient (Wildman–Crippen LogP) is 1.90. The number of methoxy groups -OCH3 is 1. The summed E-state index contributed by atoms with van der Waals surface area (Å²) in [6.45, 7) is 2.16. The van der Waals surface area contributed by atoms with Gasteiger partial charge in [-0.15, -0.1) is 0 Å². The van der Waals surface area contributed by atoms with Gasteiger partial charge in [-0.25, -0.2) is 0 Å². The van der Waals surface area contributed by atoms with Gasteiger partial charge in [0.1, 0.15) is 5.75 Å². The molecule has 1 aromatic carbocycles. The van der Waals surface area contributed by atoms with Gasteiger partial charge in [0, 0.05) is 5.92 Å². The highest BCUT2D eigenvalue weighted by atomic mass is 16.5. The predicted molar refractivity (Wildman–Crippen MR) is 69.8 cm³/mol. The number of fused-ring (bicyclic) bond motifs is 3. The van der Waals surface area contributed by atoms with E-state index in [-0.39, 0.29) is 6.04 Å². The molecule has 2 bridgehead atoms. The minimum absolute atomic E-state index is 0.0776. The fourth-order valence-corrected chi connectivity index (χ4v) is 3.26. The summed E-state index contributed by atoms with van der Waals surface area (Å²) in [5.41, 5.74) is 1.14. The summed E-state index contributed by atoms with van der Waals surface area (Å²) >= 11 is 0. The second kappa shape index (κ2) is 4.73. The molecule has 3 fully saturated rings. The number of ether oxygens (including phenoxy) is 1. The van der Waals surface area contributed by atoms with Crippen molar-refractivity contribution in [1.82, 2.24) is 4.90 Å². The Hall–Kier alpha value is -1.35. The van der Waals surface area contributed by atoms with Crippen LogP contribution in [0.2, 0.25) is 0 Å². The second-order valence-corrected chi connectivity index (χ2v) is 5.24. The first-order chi connectivity index (χ1) is 8.79. The number of hydrogen-bond donors (Lipinski definition) is 0. The molecule has 3 aliphatic heterocycles. The van der Waals surface area contributed by atoms with Gasteiger partial charge >= 0.3 is 0 Å². The summed E-state index contributed by atoms with van der Waals surface area (Å²) in [5, 5.41) is 0. The van der Waals surface area contributed by atoms with Gasteiger partial charge < -0.3 is 4.74 Å². The fraction of sp³-hybridized carbons (Fsp3) is 0.533. The molecule has 0 saturated carbocycles. The van der Waals surface area contributed by atoms with Crippen LogP contribution in [0.15, 0.2) is 24.3 Å². The summed E-state index contributed by atoms with van der Waals surface area (Å²) in [4.78, 5) is 14.7. The molecule has 3 nitrogen and oxygen atoms in total. The van der Waals surface area contributed by atoms with Gasteiger partial charge in [-0.2, -0.15) is 0 Å². The van der Waals surface area contributed by atoms with E-state index in [1.54, 1.807) is 7.11 Å². The molecular weight excluding hydrogens is 226 g/mol. The molecule has 3 heteroatoms. The Morgan fingerprint density at radius 1 is 1.28 bits per heavy atom. The molecule has 3 saturated heterocycles. The quantitative estimate of drug-likeness (QED) is 0.814. The Labute approximate surface area is 108 Å². The van der Waals surface area contributed by atoms with E-state index in [0.29, 0.717) is 11.7 Å². The molecule has 1 aromatic rings. The lowest BCUT2D eigenvalue weighted by atomic mass is 9.80. The van der Waals surface area contributed by atoms with E-state index in [9.17, 15) is 4.79 Å². The lowest BCUT2D eigenvalue weighted by Crippen LogP contribution is -2.56. The van der Waals surface area contributed by atoms with Crippen molar-refractivity contribution in [3.05, 3.63) is 29.8 Å².